The number of para-hydroxylation sites is 1. The van der Waals surface area contributed by atoms with E-state index in [-0.39, 0.29) is 36.1 Å². The van der Waals surface area contributed by atoms with Crippen LogP contribution in [0.25, 0.3) is 10.9 Å². The lowest BCUT2D eigenvalue weighted by Crippen LogP contribution is -2.24. The fourth-order valence-corrected chi connectivity index (χ4v) is 2.59. The van der Waals surface area contributed by atoms with Gasteiger partial charge >= 0.3 is 18.2 Å². The van der Waals surface area contributed by atoms with Gasteiger partial charge in [0.05, 0.1) is 11.1 Å². The van der Waals surface area contributed by atoms with Crippen molar-refractivity contribution in [2.24, 2.45) is 16.5 Å². The van der Waals surface area contributed by atoms with Crippen molar-refractivity contribution in [1.29, 1.82) is 0 Å². The van der Waals surface area contributed by atoms with Gasteiger partial charge in [-0.25, -0.2) is 14.6 Å². The molecule has 13 heteroatoms. The summed E-state index contributed by atoms with van der Waals surface area (Å²) in [4.78, 5) is 30.9. The van der Waals surface area contributed by atoms with E-state index >= 15 is 0 Å². The van der Waals surface area contributed by atoms with E-state index in [2.05, 4.69) is 14.7 Å². The van der Waals surface area contributed by atoms with Gasteiger partial charge in [0.15, 0.2) is 5.96 Å². The van der Waals surface area contributed by atoms with Crippen LogP contribution in [0.1, 0.15) is 21.6 Å². The third-order valence-electron chi connectivity index (χ3n) is 3.94. The normalized spacial score (nSPS) is 10.4. The molecule has 0 unspecified atom stereocenters. The van der Waals surface area contributed by atoms with Crippen molar-refractivity contribution in [2.75, 3.05) is 0 Å². The molecular weight excluding hydrogens is 488 g/mol. The van der Waals surface area contributed by atoms with Crippen LogP contribution in [0.5, 0.6) is 5.75 Å². The van der Waals surface area contributed by atoms with Crippen molar-refractivity contribution in [1.82, 2.24) is 4.98 Å². The Morgan fingerprint density at radius 3 is 2.36 bits per heavy atom. The fraction of sp³-hybridized carbons (Fsp3) is 0.100. The molecule has 8 nitrogen and oxygen atoms in total. The number of nitrogens with two attached hydrogens (primary N) is 2. The maximum atomic E-state index is 13.5. The quantitative estimate of drug-likeness (QED) is 0.235. The molecule has 2 aromatic carbocycles. The number of rotatable bonds is 4. The second kappa shape index (κ2) is 11.3. The van der Waals surface area contributed by atoms with Gasteiger partial charge in [-0.2, -0.15) is 13.2 Å². The van der Waals surface area contributed by atoms with Crippen LogP contribution in [0, 0.1) is 0 Å². The summed E-state index contributed by atoms with van der Waals surface area (Å²) in [6.07, 6.45) is -6.00. The Hall–Kier alpha value is -3.57. The average molecular weight is 505 g/mol. The summed E-state index contributed by atoms with van der Waals surface area (Å²) >= 11 is 0. The van der Waals surface area contributed by atoms with Crippen LogP contribution in [0.2, 0.25) is 0 Å². The smallest absolute Gasteiger partial charge is 0.437 e. The molecular formula is C20H17Cl2F3N4O4. The van der Waals surface area contributed by atoms with Crippen molar-refractivity contribution in [3.8, 4) is 5.75 Å². The zero-order valence-corrected chi connectivity index (χ0v) is 18.2. The molecule has 4 N–H and O–H groups in total. The number of hydrogen-bond donors (Lipinski definition) is 2. The minimum atomic E-state index is -4.84. The number of ether oxygens (including phenoxy) is 2. The molecule has 0 fully saturated rings. The number of benzene rings is 2. The van der Waals surface area contributed by atoms with Gasteiger partial charge in [0.2, 0.25) is 0 Å². The van der Waals surface area contributed by atoms with Crippen molar-refractivity contribution >= 4 is 53.7 Å². The Labute approximate surface area is 197 Å². The largest absolute Gasteiger partial charge is 0.443 e. The molecule has 1 heterocycles. The number of carbonyl (C=O) groups is 2. The van der Waals surface area contributed by atoms with Crippen LogP contribution < -0.4 is 16.2 Å². The molecule has 33 heavy (non-hydrogen) atoms. The van der Waals surface area contributed by atoms with E-state index in [9.17, 15) is 22.8 Å². The summed E-state index contributed by atoms with van der Waals surface area (Å²) in [5.74, 6) is -2.32. The predicted octanol–water partition coefficient (Wildman–Crippen LogP) is 4.23. The molecule has 0 saturated carbocycles. The Bertz CT molecular complexity index is 1190. The predicted molar refractivity (Wildman–Crippen MR) is 119 cm³/mol. The Kier molecular flexibility index (Phi) is 9.44. The number of aromatic nitrogens is 1. The Balaban J connectivity index is 0.00000272. The minimum absolute atomic E-state index is 0. The van der Waals surface area contributed by atoms with Gasteiger partial charge in [-0.1, -0.05) is 30.3 Å². The summed E-state index contributed by atoms with van der Waals surface area (Å²) < 4.78 is 50.1. The van der Waals surface area contributed by atoms with Crippen molar-refractivity contribution < 1.29 is 32.2 Å². The number of amides is 1. The maximum Gasteiger partial charge on any atom is 0.437 e. The number of halogens is 5. The molecule has 0 saturated heterocycles. The molecule has 1 aromatic heterocycles. The summed E-state index contributed by atoms with van der Waals surface area (Å²) in [5.41, 5.74) is 9.12. The fourth-order valence-electron chi connectivity index (χ4n) is 2.59. The summed E-state index contributed by atoms with van der Waals surface area (Å²) in [5, 5.41) is 0.759. The van der Waals surface area contributed by atoms with E-state index in [1.807, 2.05) is 0 Å². The Morgan fingerprint density at radius 2 is 1.70 bits per heavy atom. The molecule has 0 aliphatic heterocycles. The first-order valence-corrected chi connectivity index (χ1v) is 8.68. The standard InChI is InChI=1S/C20H15F3N4O4.2ClH/c21-20(22,23)13-9-11(10-30-19(29)27-18(24)25)5-8-16(13)31-17(28)15-7-6-12-3-1-2-4-14(12)26-15;;/h1-9H,10H2,(H4,24,25,27,29);2*1H. The van der Waals surface area contributed by atoms with E-state index in [1.54, 1.807) is 30.3 Å². The van der Waals surface area contributed by atoms with Crippen LogP contribution in [0.15, 0.2) is 59.6 Å². The van der Waals surface area contributed by atoms with E-state index in [0.29, 0.717) is 11.6 Å². The van der Waals surface area contributed by atoms with Crippen LogP contribution in [0.3, 0.4) is 0 Å². The molecule has 0 atom stereocenters. The maximum absolute atomic E-state index is 13.5. The number of carbonyl (C=O) groups excluding carboxylic acids is 2. The molecule has 0 radical (unpaired) electrons. The van der Waals surface area contributed by atoms with Crippen LogP contribution in [0.4, 0.5) is 18.0 Å². The van der Waals surface area contributed by atoms with Gasteiger partial charge in [0, 0.05) is 5.39 Å². The van der Waals surface area contributed by atoms with E-state index in [1.165, 1.54) is 12.1 Å². The van der Waals surface area contributed by atoms with Gasteiger partial charge in [-0.3, -0.25) is 0 Å². The number of nitrogens with zero attached hydrogens (tertiary/aromatic N) is 2. The third-order valence-corrected chi connectivity index (χ3v) is 3.94. The van der Waals surface area contributed by atoms with Crippen LogP contribution in [-0.2, 0) is 17.5 Å². The first kappa shape index (κ1) is 27.5. The van der Waals surface area contributed by atoms with Crippen LogP contribution in [-0.4, -0.2) is 23.0 Å². The summed E-state index contributed by atoms with van der Waals surface area (Å²) in [7, 11) is 0. The number of pyridine rings is 1. The first-order valence-electron chi connectivity index (χ1n) is 8.68. The van der Waals surface area contributed by atoms with Gasteiger partial charge in [-0.15, -0.1) is 29.8 Å². The highest BCUT2D eigenvalue weighted by Crippen LogP contribution is 2.37. The van der Waals surface area contributed by atoms with Gasteiger partial charge in [0.25, 0.3) is 0 Å². The number of guanidine groups is 1. The highest BCUT2D eigenvalue weighted by atomic mass is 35.5. The topological polar surface area (TPSA) is 130 Å². The van der Waals surface area contributed by atoms with E-state index in [4.69, 9.17) is 16.2 Å². The zero-order chi connectivity index (χ0) is 22.6. The zero-order valence-electron chi connectivity index (χ0n) is 16.5. The summed E-state index contributed by atoms with van der Waals surface area (Å²) in [6.45, 7) is -0.529. The highest BCUT2D eigenvalue weighted by Gasteiger charge is 2.35. The molecule has 176 valence electrons. The lowest BCUT2D eigenvalue weighted by atomic mass is 10.1. The monoisotopic (exact) mass is 504 g/mol. The molecule has 3 aromatic rings. The second-order valence-corrected chi connectivity index (χ2v) is 6.20. The summed E-state index contributed by atoms with van der Waals surface area (Å²) in [6, 6.07) is 12.7. The molecule has 0 aliphatic carbocycles. The lowest BCUT2D eigenvalue weighted by Gasteiger charge is -2.14. The molecule has 1 amide bonds. The Morgan fingerprint density at radius 1 is 1.00 bits per heavy atom. The molecule has 0 aliphatic rings. The number of aliphatic imine (C=N–C) groups is 1. The second-order valence-electron chi connectivity index (χ2n) is 6.20. The first-order chi connectivity index (χ1) is 14.6. The average Bonchev–Trinajstić information content (AvgIpc) is 2.71. The van der Waals surface area contributed by atoms with Gasteiger partial charge < -0.3 is 20.9 Å². The van der Waals surface area contributed by atoms with E-state index < -0.39 is 42.1 Å². The van der Waals surface area contributed by atoms with Gasteiger partial charge in [-0.05, 0) is 29.8 Å². The molecule has 0 bridgehead atoms. The van der Waals surface area contributed by atoms with Crippen molar-refractivity contribution in [3.63, 3.8) is 0 Å². The minimum Gasteiger partial charge on any atom is -0.443 e. The van der Waals surface area contributed by atoms with Crippen molar-refractivity contribution in [2.45, 2.75) is 12.8 Å². The molecule has 3 rings (SSSR count). The van der Waals surface area contributed by atoms with Gasteiger partial charge in [0.1, 0.15) is 18.1 Å². The van der Waals surface area contributed by atoms with Crippen LogP contribution >= 0.6 is 24.8 Å². The third kappa shape index (κ3) is 7.22. The van der Waals surface area contributed by atoms with E-state index in [0.717, 1.165) is 11.5 Å². The van der Waals surface area contributed by atoms with Crippen molar-refractivity contribution in [3.05, 3.63) is 71.4 Å². The number of esters is 1. The number of alkyl halides is 3. The lowest BCUT2D eigenvalue weighted by molar-refractivity contribution is -0.138. The highest BCUT2D eigenvalue weighted by molar-refractivity contribution is 5.92. The number of hydrogen-bond acceptors (Lipinski definition) is 5. The SMILES string of the molecule is Cl.Cl.NC(N)=NC(=O)OCc1ccc(OC(=O)c2ccc3ccccc3n2)c(C(F)(F)F)c1. The molecule has 0 spiro atoms. The number of fused-ring (bicyclic) bond motifs is 1.